The fourth-order valence-corrected chi connectivity index (χ4v) is 2.63. The maximum atomic E-state index is 11.9. The molecule has 1 aromatic carbocycles. The van der Waals surface area contributed by atoms with Crippen LogP contribution in [0.2, 0.25) is 0 Å². The summed E-state index contributed by atoms with van der Waals surface area (Å²) >= 11 is 1.45. The fourth-order valence-electron chi connectivity index (χ4n) is 1.95. The molecule has 0 aliphatic heterocycles. The third-order valence-corrected chi connectivity index (χ3v) is 4.12. The van der Waals surface area contributed by atoms with Crippen LogP contribution in [0.1, 0.15) is 36.6 Å². The van der Waals surface area contributed by atoms with E-state index in [0.717, 1.165) is 22.6 Å². The number of amides is 1. The number of aryl methyl sites for hydroxylation is 1. The van der Waals surface area contributed by atoms with Crippen LogP contribution >= 0.6 is 11.3 Å². The molecule has 1 N–H and O–H groups in total. The van der Waals surface area contributed by atoms with Gasteiger partial charge in [0.25, 0.3) is 5.91 Å². The largest absolute Gasteiger partial charge is 0.483 e. The summed E-state index contributed by atoms with van der Waals surface area (Å²) in [7, 11) is 0. The maximum absolute atomic E-state index is 11.9. The van der Waals surface area contributed by atoms with Gasteiger partial charge in [0.1, 0.15) is 5.75 Å². The van der Waals surface area contributed by atoms with E-state index in [2.05, 4.69) is 24.1 Å². The highest BCUT2D eigenvalue weighted by atomic mass is 32.1. The first kappa shape index (κ1) is 15.5. The Morgan fingerprint density at radius 1 is 1.43 bits per heavy atom. The van der Waals surface area contributed by atoms with Crippen molar-refractivity contribution in [2.24, 2.45) is 0 Å². The average Bonchev–Trinajstić information content (AvgIpc) is 2.89. The second-order valence-electron chi connectivity index (χ2n) is 4.96. The molecule has 0 radical (unpaired) electrons. The summed E-state index contributed by atoms with van der Waals surface area (Å²) in [5, 5.41) is 3.35. The number of anilines is 1. The summed E-state index contributed by atoms with van der Waals surface area (Å²) in [6.45, 7) is 6.23. The van der Waals surface area contributed by atoms with Crippen LogP contribution in [0.3, 0.4) is 0 Å². The van der Waals surface area contributed by atoms with Crippen molar-refractivity contribution < 1.29 is 9.53 Å². The van der Waals surface area contributed by atoms with E-state index in [1.807, 2.05) is 31.2 Å². The van der Waals surface area contributed by atoms with Crippen molar-refractivity contribution >= 4 is 22.4 Å². The first-order valence-corrected chi connectivity index (χ1v) is 7.85. The lowest BCUT2D eigenvalue weighted by Crippen LogP contribution is -2.20. The number of carbonyl (C=O) groups is 1. The highest BCUT2D eigenvalue weighted by Crippen LogP contribution is 2.28. The average molecular weight is 304 g/mol. The van der Waals surface area contributed by atoms with E-state index < -0.39 is 0 Å². The molecule has 1 heterocycles. The van der Waals surface area contributed by atoms with Gasteiger partial charge in [-0.15, -0.1) is 11.3 Å². The Hall–Kier alpha value is -1.88. The minimum absolute atomic E-state index is 0.00786. The fraction of sp³-hybridized carbons (Fsp3) is 0.375. The number of hydrogen-bond acceptors (Lipinski definition) is 4. The molecule has 1 atom stereocenters. The van der Waals surface area contributed by atoms with Crippen molar-refractivity contribution in [2.75, 3.05) is 11.9 Å². The molecule has 0 spiro atoms. The van der Waals surface area contributed by atoms with Crippen molar-refractivity contribution in [1.82, 2.24) is 4.98 Å². The van der Waals surface area contributed by atoms with Gasteiger partial charge in [-0.2, -0.15) is 0 Å². The zero-order chi connectivity index (χ0) is 15.2. The summed E-state index contributed by atoms with van der Waals surface area (Å²) in [5.74, 6) is 0.992. The molecule has 4 nitrogen and oxygen atoms in total. The van der Waals surface area contributed by atoms with Crippen LogP contribution in [0.4, 0.5) is 5.13 Å². The van der Waals surface area contributed by atoms with Gasteiger partial charge in [0.2, 0.25) is 0 Å². The Morgan fingerprint density at radius 3 is 2.86 bits per heavy atom. The predicted octanol–water partition coefficient (Wildman–Crippen LogP) is 3.98. The number of aromatic nitrogens is 1. The molecule has 1 amide bonds. The van der Waals surface area contributed by atoms with E-state index in [0.29, 0.717) is 11.0 Å². The van der Waals surface area contributed by atoms with Gasteiger partial charge in [0.15, 0.2) is 11.7 Å². The highest BCUT2D eigenvalue weighted by Gasteiger charge is 2.11. The van der Waals surface area contributed by atoms with E-state index in [1.54, 1.807) is 6.20 Å². The van der Waals surface area contributed by atoms with E-state index in [4.69, 9.17) is 4.74 Å². The molecule has 2 rings (SSSR count). The number of nitrogens with one attached hydrogen (secondary N) is 1. The summed E-state index contributed by atoms with van der Waals surface area (Å²) < 4.78 is 5.67. The monoisotopic (exact) mass is 304 g/mol. The Labute approximate surface area is 129 Å². The topological polar surface area (TPSA) is 51.2 Å². The van der Waals surface area contributed by atoms with Gasteiger partial charge in [-0.1, -0.05) is 32.0 Å². The molecule has 1 unspecified atom stereocenters. The second-order valence-corrected chi connectivity index (χ2v) is 6.19. The number of benzene rings is 1. The first-order valence-electron chi connectivity index (χ1n) is 7.04. The summed E-state index contributed by atoms with van der Waals surface area (Å²) in [6, 6.07) is 7.87. The molecular formula is C16H20N2O2S. The van der Waals surface area contributed by atoms with Crippen molar-refractivity contribution in [3.05, 3.63) is 40.9 Å². The lowest BCUT2D eigenvalue weighted by Gasteiger charge is -2.15. The van der Waals surface area contributed by atoms with Crippen molar-refractivity contribution in [1.29, 1.82) is 0 Å². The third kappa shape index (κ3) is 4.29. The molecule has 0 bridgehead atoms. The number of hydrogen-bond donors (Lipinski definition) is 1. The Balaban J connectivity index is 1.95. The smallest absolute Gasteiger partial charge is 0.264 e. The number of rotatable bonds is 6. The zero-order valence-corrected chi connectivity index (χ0v) is 13.4. The second kappa shape index (κ2) is 7.22. The molecular weight excluding hydrogens is 284 g/mol. The molecule has 5 heteroatoms. The molecule has 1 aromatic heterocycles. The van der Waals surface area contributed by atoms with Crippen LogP contribution in [-0.4, -0.2) is 17.5 Å². The van der Waals surface area contributed by atoms with Crippen LogP contribution in [-0.2, 0) is 4.79 Å². The SMILES string of the molecule is CCC(C)c1ccccc1OCC(=O)Nc1ncc(C)s1. The number of carbonyl (C=O) groups excluding carboxylic acids is 1. The van der Waals surface area contributed by atoms with Gasteiger partial charge in [-0.05, 0) is 30.9 Å². The summed E-state index contributed by atoms with van der Waals surface area (Å²) in [4.78, 5) is 17.0. The molecule has 0 aliphatic rings. The number of para-hydroxylation sites is 1. The standard InChI is InChI=1S/C16H20N2O2S/c1-4-11(2)13-7-5-6-8-14(13)20-10-15(19)18-16-17-9-12(3)21-16/h5-9,11H,4,10H2,1-3H3,(H,17,18,19). The minimum atomic E-state index is -0.191. The van der Waals surface area contributed by atoms with Crippen molar-refractivity contribution in [2.45, 2.75) is 33.1 Å². The molecule has 0 saturated carbocycles. The van der Waals surface area contributed by atoms with E-state index >= 15 is 0 Å². The van der Waals surface area contributed by atoms with Gasteiger partial charge in [0.05, 0.1) is 0 Å². The Kier molecular flexibility index (Phi) is 5.33. The Morgan fingerprint density at radius 2 is 2.19 bits per heavy atom. The quantitative estimate of drug-likeness (QED) is 0.878. The van der Waals surface area contributed by atoms with Gasteiger partial charge >= 0.3 is 0 Å². The molecule has 21 heavy (non-hydrogen) atoms. The van der Waals surface area contributed by atoms with Crippen molar-refractivity contribution in [3.8, 4) is 5.75 Å². The minimum Gasteiger partial charge on any atom is -0.483 e. The predicted molar refractivity (Wildman–Crippen MR) is 86.1 cm³/mol. The first-order chi connectivity index (χ1) is 10.1. The van der Waals surface area contributed by atoms with E-state index in [1.165, 1.54) is 11.3 Å². The lowest BCUT2D eigenvalue weighted by atomic mass is 9.98. The van der Waals surface area contributed by atoms with Gasteiger partial charge in [0, 0.05) is 11.1 Å². The van der Waals surface area contributed by atoms with E-state index in [-0.39, 0.29) is 12.5 Å². The number of nitrogens with zero attached hydrogens (tertiary/aromatic N) is 1. The number of thiazole rings is 1. The van der Waals surface area contributed by atoms with Crippen LogP contribution in [0.15, 0.2) is 30.5 Å². The summed E-state index contributed by atoms with van der Waals surface area (Å²) in [6.07, 6.45) is 2.77. The van der Waals surface area contributed by atoms with Crippen LogP contribution < -0.4 is 10.1 Å². The van der Waals surface area contributed by atoms with Gasteiger partial charge in [-0.3, -0.25) is 10.1 Å². The molecule has 0 aliphatic carbocycles. The molecule has 0 saturated heterocycles. The zero-order valence-electron chi connectivity index (χ0n) is 12.6. The number of ether oxygens (including phenoxy) is 1. The van der Waals surface area contributed by atoms with Crippen LogP contribution in [0, 0.1) is 6.92 Å². The summed E-state index contributed by atoms with van der Waals surface area (Å²) in [5.41, 5.74) is 1.14. The van der Waals surface area contributed by atoms with E-state index in [9.17, 15) is 4.79 Å². The van der Waals surface area contributed by atoms with Crippen LogP contribution in [0.25, 0.3) is 0 Å². The lowest BCUT2D eigenvalue weighted by molar-refractivity contribution is -0.118. The van der Waals surface area contributed by atoms with Gasteiger partial charge < -0.3 is 4.74 Å². The van der Waals surface area contributed by atoms with Crippen molar-refractivity contribution in [3.63, 3.8) is 0 Å². The molecule has 2 aromatic rings. The van der Waals surface area contributed by atoms with Crippen LogP contribution in [0.5, 0.6) is 5.75 Å². The maximum Gasteiger partial charge on any atom is 0.264 e. The Bertz CT molecular complexity index is 610. The molecule has 112 valence electrons. The molecule has 0 fully saturated rings. The normalized spacial score (nSPS) is 12.0. The highest BCUT2D eigenvalue weighted by molar-refractivity contribution is 7.15. The van der Waals surface area contributed by atoms with Gasteiger partial charge in [-0.25, -0.2) is 4.98 Å². The third-order valence-electron chi connectivity index (χ3n) is 3.29.